The summed E-state index contributed by atoms with van der Waals surface area (Å²) in [6.45, 7) is 15.3. The van der Waals surface area contributed by atoms with Crippen LogP contribution in [0.2, 0.25) is 0 Å². The predicted molar refractivity (Wildman–Crippen MR) is 76.3 cm³/mol. The monoisotopic (exact) mass is 230 g/mol. The first-order valence-electron chi connectivity index (χ1n) is 7.60. The van der Waals surface area contributed by atoms with E-state index in [1.807, 2.05) is 4.90 Å². The van der Waals surface area contributed by atoms with Gasteiger partial charge in [0, 0.05) is 0 Å². The molecule has 0 amide bonds. The molecule has 0 rings (SSSR count). The average molecular weight is 230 g/mol. The lowest BCUT2D eigenvalue weighted by molar-refractivity contribution is -0.900. The second kappa shape index (κ2) is 17.4. The van der Waals surface area contributed by atoms with E-state index in [1.165, 1.54) is 64.6 Å². The van der Waals surface area contributed by atoms with E-state index in [0.29, 0.717) is 0 Å². The average Bonchev–Trinajstić information content (AvgIpc) is 2.29. The van der Waals surface area contributed by atoms with Crippen molar-refractivity contribution in [3.05, 3.63) is 0 Å². The van der Waals surface area contributed by atoms with Gasteiger partial charge in [-0.1, -0.05) is 60.3 Å². The third-order valence-electron chi connectivity index (χ3n) is 2.65. The van der Waals surface area contributed by atoms with Crippen LogP contribution in [0.3, 0.4) is 0 Å². The molecule has 0 aliphatic rings. The van der Waals surface area contributed by atoms with Crippen LogP contribution in [0.5, 0.6) is 0 Å². The summed E-state index contributed by atoms with van der Waals surface area (Å²) in [7, 11) is 0. The van der Waals surface area contributed by atoms with Gasteiger partial charge in [0.2, 0.25) is 0 Å². The smallest absolute Gasteiger partial charge is 0.0770 e. The van der Waals surface area contributed by atoms with Gasteiger partial charge in [-0.3, -0.25) is 0 Å². The number of quaternary nitrogens is 1. The zero-order chi connectivity index (χ0) is 12.6. The summed E-state index contributed by atoms with van der Waals surface area (Å²) in [5, 5.41) is 0. The topological polar surface area (TPSA) is 4.44 Å². The maximum absolute atomic E-state index is 2.29. The van der Waals surface area contributed by atoms with Crippen molar-refractivity contribution >= 4 is 0 Å². The first-order valence-corrected chi connectivity index (χ1v) is 7.60. The Morgan fingerprint density at radius 1 is 0.562 bits per heavy atom. The SMILES string of the molecule is CCC.CCCC[NH+](CCCC)CCCC. The molecule has 0 aromatic rings. The van der Waals surface area contributed by atoms with E-state index in [9.17, 15) is 0 Å². The van der Waals surface area contributed by atoms with Crippen molar-refractivity contribution in [3.63, 3.8) is 0 Å². The largest absolute Gasteiger partial charge is 0.335 e. The molecular formula is C15H36N+. The standard InChI is InChI=1S/C12H27N.C3H8/c1-4-7-10-13(11-8-5-2)12-9-6-3;1-3-2/h4-12H2,1-3H3;3H2,1-2H3/p+1. The number of hydrogen-bond donors (Lipinski definition) is 1. The van der Waals surface area contributed by atoms with Gasteiger partial charge in [-0.2, -0.15) is 0 Å². The van der Waals surface area contributed by atoms with Crippen molar-refractivity contribution in [1.82, 2.24) is 0 Å². The molecule has 1 nitrogen and oxygen atoms in total. The lowest BCUT2D eigenvalue weighted by Crippen LogP contribution is -3.12. The van der Waals surface area contributed by atoms with E-state index in [-0.39, 0.29) is 0 Å². The lowest BCUT2D eigenvalue weighted by atomic mass is 10.2. The van der Waals surface area contributed by atoms with Crippen molar-refractivity contribution in [2.75, 3.05) is 19.6 Å². The minimum atomic E-state index is 1.25. The summed E-state index contributed by atoms with van der Waals surface area (Å²) >= 11 is 0. The van der Waals surface area contributed by atoms with Crippen molar-refractivity contribution in [1.29, 1.82) is 0 Å². The second-order valence-corrected chi connectivity index (χ2v) is 4.77. The van der Waals surface area contributed by atoms with E-state index >= 15 is 0 Å². The molecule has 1 N–H and O–H groups in total. The van der Waals surface area contributed by atoms with Crippen molar-refractivity contribution < 1.29 is 4.90 Å². The zero-order valence-electron chi connectivity index (χ0n) is 12.6. The van der Waals surface area contributed by atoms with E-state index in [1.54, 1.807) is 0 Å². The summed E-state index contributed by atoms with van der Waals surface area (Å²) in [5.74, 6) is 0. The summed E-state index contributed by atoms with van der Waals surface area (Å²) in [6, 6.07) is 0. The molecule has 0 heterocycles. The predicted octanol–water partition coefficient (Wildman–Crippen LogP) is 3.69. The fourth-order valence-corrected chi connectivity index (χ4v) is 1.66. The molecule has 0 saturated heterocycles. The lowest BCUT2D eigenvalue weighted by Gasteiger charge is -2.18. The Kier molecular flexibility index (Phi) is 19.9. The van der Waals surface area contributed by atoms with Gasteiger partial charge < -0.3 is 4.90 Å². The molecule has 0 unspecified atom stereocenters. The van der Waals surface area contributed by atoms with Gasteiger partial charge in [0.05, 0.1) is 19.6 Å². The third-order valence-corrected chi connectivity index (χ3v) is 2.65. The first-order chi connectivity index (χ1) is 7.76. The fourth-order valence-electron chi connectivity index (χ4n) is 1.66. The first kappa shape index (κ1) is 18.3. The van der Waals surface area contributed by atoms with E-state index in [0.717, 1.165) is 0 Å². The van der Waals surface area contributed by atoms with Crippen LogP contribution in [-0.2, 0) is 0 Å². The van der Waals surface area contributed by atoms with Crippen LogP contribution in [0.15, 0.2) is 0 Å². The molecule has 1 heteroatoms. The third kappa shape index (κ3) is 16.4. The Hall–Kier alpha value is -0.0400. The molecule has 0 aliphatic carbocycles. The van der Waals surface area contributed by atoms with Crippen LogP contribution < -0.4 is 4.90 Å². The van der Waals surface area contributed by atoms with Gasteiger partial charge in [0.25, 0.3) is 0 Å². The molecular weight excluding hydrogens is 194 g/mol. The normalized spacial score (nSPS) is 10.1. The maximum Gasteiger partial charge on any atom is 0.0770 e. The number of unbranched alkanes of at least 4 members (excludes halogenated alkanes) is 3. The quantitative estimate of drug-likeness (QED) is 0.616. The molecule has 0 radical (unpaired) electrons. The fraction of sp³-hybridized carbons (Fsp3) is 1.00. The van der Waals surface area contributed by atoms with Crippen LogP contribution in [0.25, 0.3) is 0 Å². The Labute approximate surface area is 105 Å². The molecule has 100 valence electrons. The maximum atomic E-state index is 2.29. The van der Waals surface area contributed by atoms with Crippen LogP contribution in [-0.4, -0.2) is 19.6 Å². The molecule has 0 saturated carbocycles. The molecule has 0 fully saturated rings. The molecule has 0 aromatic heterocycles. The number of nitrogens with one attached hydrogen (secondary N) is 1. The Balaban J connectivity index is 0. The molecule has 0 aromatic carbocycles. The number of rotatable bonds is 9. The van der Waals surface area contributed by atoms with Gasteiger partial charge in [-0.25, -0.2) is 0 Å². The van der Waals surface area contributed by atoms with E-state index < -0.39 is 0 Å². The summed E-state index contributed by atoms with van der Waals surface area (Å²) in [4.78, 5) is 1.84. The molecule has 16 heavy (non-hydrogen) atoms. The van der Waals surface area contributed by atoms with Gasteiger partial charge in [-0.15, -0.1) is 0 Å². The van der Waals surface area contributed by atoms with Crippen LogP contribution >= 0.6 is 0 Å². The van der Waals surface area contributed by atoms with Gasteiger partial charge in [0.15, 0.2) is 0 Å². The van der Waals surface area contributed by atoms with Crippen molar-refractivity contribution in [2.45, 2.75) is 79.6 Å². The second-order valence-electron chi connectivity index (χ2n) is 4.77. The minimum Gasteiger partial charge on any atom is -0.335 e. The van der Waals surface area contributed by atoms with Crippen LogP contribution in [0.1, 0.15) is 79.6 Å². The molecule has 0 aliphatic heterocycles. The van der Waals surface area contributed by atoms with Crippen molar-refractivity contribution in [2.24, 2.45) is 0 Å². The van der Waals surface area contributed by atoms with Crippen molar-refractivity contribution in [3.8, 4) is 0 Å². The number of hydrogen-bond acceptors (Lipinski definition) is 0. The Bertz CT molecular complexity index is 82.6. The van der Waals surface area contributed by atoms with Gasteiger partial charge in [-0.05, 0) is 19.3 Å². The van der Waals surface area contributed by atoms with Gasteiger partial charge >= 0.3 is 0 Å². The zero-order valence-corrected chi connectivity index (χ0v) is 12.6. The minimum absolute atomic E-state index is 1.25. The Morgan fingerprint density at radius 3 is 1.00 bits per heavy atom. The highest BCUT2D eigenvalue weighted by molar-refractivity contribution is 4.37. The van der Waals surface area contributed by atoms with Crippen LogP contribution in [0, 0.1) is 0 Å². The highest BCUT2D eigenvalue weighted by Crippen LogP contribution is 1.85. The summed E-state index contributed by atoms with van der Waals surface area (Å²) in [5.41, 5.74) is 0. The highest BCUT2D eigenvalue weighted by Gasteiger charge is 2.05. The van der Waals surface area contributed by atoms with Crippen LogP contribution in [0.4, 0.5) is 0 Å². The Morgan fingerprint density at radius 2 is 0.812 bits per heavy atom. The van der Waals surface area contributed by atoms with Gasteiger partial charge in [0.1, 0.15) is 0 Å². The molecule has 0 spiro atoms. The highest BCUT2D eigenvalue weighted by atomic mass is 15.1. The summed E-state index contributed by atoms with van der Waals surface area (Å²) in [6.07, 6.45) is 9.51. The molecule has 0 bridgehead atoms. The van der Waals surface area contributed by atoms with E-state index in [2.05, 4.69) is 34.6 Å². The van der Waals surface area contributed by atoms with E-state index in [4.69, 9.17) is 0 Å². The summed E-state index contributed by atoms with van der Waals surface area (Å²) < 4.78 is 0. The molecule has 0 atom stereocenters.